The van der Waals surface area contributed by atoms with E-state index in [9.17, 15) is 0 Å². The molecule has 0 radical (unpaired) electrons. The van der Waals surface area contributed by atoms with E-state index in [1.807, 2.05) is 19.9 Å². The molecule has 0 unspecified atom stereocenters. The average Bonchev–Trinajstić information content (AvgIpc) is 2.39. The van der Waals surface area contributed by atoms with E-state index in [2.05, 4.69) is 38.1 Å². The van der Waals surface area contributed by atoms with E-state index < -0.39 is 0 Å². The van der Waals surface area contributed by atoms with E-state index in [-0.39, 0.29) is 0 Å². The average molecular weight is 258 g/mol. The van der Waals surface area contributed by atoms with Gasteiger partial charge in [-0.3, -0.25) is 0 Å². The summed E-state index contributed by atoms with van der Waals surface area (Å²) >= 11 is 0. The van der Waals surface area contributed by atoms with Gasteiger partial charge in [0.1, 0.15) is 11.5 Å². The molecule has 0 saturated carbocycles. The van der Waals surface area contributed by atoms with Gasteiger partial charge in [0.2, 0.25) is 0 Å². The lowest BCUT2D eigenvalue weighted by atomic mass is 9.95. The largest absolute Gasteiger partial charge is 0.494 e. The van der Waals surface area contributed by atoms with Crippen molar-refractivity contribution in [3.05, 3.63) is 35.9 Å². The second kappa shape index (κ2) is 5.96. The van der Waals surface area contributed by atoms with Crippen LogP contribution in [0.5, 0.6) is 11.5 Å². The van der Waals surface area contributed by atoms with Crippen LogP contribution in [0.2, 0.25) is 0 Å². The summed E-state index contributed by atoms with van der Waals surface area (Å²) in [5.41, 5.74) is 1.28. The molecule has 0 fully saturated rings. The van der Waals surface area contributed by atoms with Crippen LogP contribution in [0.4, 0.5) is 0 Å². The standard InChI is InChI=1S/C17H22O2/c1-5-18-14-8-9-15-13(11-14)7-10-16(19-6-2)17(15)12(3)4/h7-12H,5-6H2,1-4H3. The van der Waals surface area contributed by atoms with E-state index in [4.69, 9.17) is 9.47 Å². The zero-order chi connectivity index (χ0) is 13.8. The molecule has 0 aliphatic heterocycles. The molecule has 0 aliphatic rings. The molecular weight excluding hydrogens is 236 g/mol. The van der Waals surface area contributed by atoms with Crippen LogP contribution in [0.1, 0.15) is 39.2 Å². The first-order chi connectivity index (χ1) is 9.17. The van der Waals surface area contributed by atoms with Crippen LogP contribution in [-0.2, 0) is 0 Å². The quantitative estimate of drug-likeness (QED) is 0.769. The summed E-state index contributed by atoms with van der Waals surface area (Å²) in [5.74, 6) is 2.35. The highest BCUT2D eigenvalue weighted by Crippen LogP contribution is 2.35. The van der Waals surface area contributed by atoms with Gasteiger partial charge in [-0.1, -0.05) is 26.0 Å². The summed E-state index contributed by atoms with van der Waals surface area (Å²) in [7, 11) is 0. The van der Waals surface area contributed by atoms with Gasteiger partial charge in [-0.05, 0) is 48.7 Å². The molecule has 0 N–H and O–H groups in total. The Kier molecular flexibility index (Phi) is 4.31. The third kappa shape index (κ3) is 2.83. The maximum atomic E-state index is 5.75. The topological polar surface area (TPSA) is 18.5 Å². The summed E-state index contributed by atoms with van der Waals surface area (Å²) in [5, 5.41) is 2.46. The number of hydrogen-bond acceptors (Lipinski definition) is 2. The van der Waals surface area contributed by atoms with Crippen LogP contribution in [-0.4, -0.2) is 13.2 Å². The normalized spacial score (nSPS) is 11.0. The first-order valence-corrected chi connectivity index (χ1v) is 6.99. The molecule has 2 aromatic carbocycles. The fourth-order valence-corrected chi connectivity index (χ4v) is 2.45. The Labute approximate surface area is 115 Å². The van der Waals surface area contributed by atoms with Gasteiger partial charge in [0.15, 0.2) is 0 Å². The van der Waals surface area contributed by atoms with E-state index >= 15 is 0 Å². The minimum atomic E-state index is 0.434. The summed E-state index contributed by atoms with van der Waals surface area (Å²) in [4.78, 5) is 0. The second-order valence-electron chi connectivity index (χ2n) is 4.88. The molecule has 2 rings (SSSR count). The third-order valence-corrected chi connectivity index (χ3v) is 3.18. The van der Waals surface area contributed by atoms with Crippen LogP contribution < -0.4 is 9.47 Å². The molecule has 0 amide bonds. The molecule has 0 spiro atoms. The van der Waals surface area contributed by atoms with Crippen LogP contribution in [0.25, 0.3) is 10.8 Å². The lowest BCUT2D eigenvalue weighted by molar-refractivity contribution is 0.335. The Morgan fingerprint density at radius 3 is 2.32 bits per heavy atom. The van der Waals surface area contributed by atoms with Gasteiger partial charge in [-0.25, -0.2) is 0 Å². The van der Waals surface area contributed by atoms with Gasteiger partial charge >= 0.3 is 0 Å². The zero-order valence-electron chi connectivity index (χ0n) is 12.2. The van der Waals surface area contributed by atoms with Crippen LogP contribution in [0.15, 0.2) is 30.3 Å². The monoisotopic (exact) mass is 258 g/mol. The highest BCUT2D eigenvalue weighted by molar-refractivity contribution is 5.89. The van der Waals surface area contributed by atoms with Crippen LogP contribution in [0.3, 0.4) is 0 Å². The molecule has 2 nitrogen and oxygen atoms in total. The number of benzene rings is 2. The Bertz CT molecular complexity index is 558. The van der Waals surface area contributed by atoms with Crippen molar-refractivity contribution < 1.29 is 9.47 Å². The summed E-state index contributed by atoms with van der Waals surface area (Å²) in [6.07, 6.45) is 0. The second-order valence-corrected chi connectivity index (χ2v) is 4.88. The van der Waals surface area contributed by atoms with Gasteiger partial charge in [0.05, 0.1) is 13.2 Å². The van der Waals surface area contributed by atoms with Gasteiger partial charge in [0, 0.05) is 5.56 Å². The zero-order valence-corrected chi connectivity index (χ0v) is 12.2. The van der Waals surface area contributed by atoms with Gasteiger partial charge in [-0.15, -0.1) is 0 Å². The molecule has 0 aliphatic carbocycles. The van der Waals surface area contributed by atoms with Gasteiger partial charge < -0.3 is 9.47 Å². The van der Waals surface area contributed by atoms with Gasteiger partial charge in [-0.2, -0.15) is 0 Å². The Morgan fingerprint density at radius 1 is 0.947 bits per heavy atom. The molecule has 0 aromatic heterocycles. The van der Waals surface area contributed by atoms with Crippen molar-refractivity contribution in [2.24, 2.45) is 0 Å². The smallest absolute Gasteiger partial charge is 0.123 e. The third-order valence-electron chi connectivity index (χ3n) is 3.18. The Hall–Kier alpha value is -1.70. The van der Waals surface area contributed by atoms with Crippen molar-refractivity contribution in [3.63, 3.8) is 0 Å². The molecule has 0 heterocycles. The van der Waals surface area contributed by atoms with Crippen molar-refractivity contribution in [1.29, 1.82) is 0 Å². The number of hydrogen-bond donors (Lipinski definition) is 0. The predicted octanol–water partition coefficient (Wildman–Crippen LogP) is 4.76. The van der Waals surface area contributed by atoms with Crippen LogP contribution in [0, 0.1) is 0 Å². The van der Waals surface area contributed by atoms with E-state index in [1.165, 1.54) is 16.3 Å². The first kappa shape index (κ1) is 13.7. The summed E-state index contributed by atoms with van der Waals surface area (Å²) in [6.45, 7) is 9.82. The number of ether oxygens (including phenoxy) is 2. The predicted molar refractivity (Wildman–Crippen MR) is 80.4 cm³/mol. The fraction of sp³-hybridized carbons (Fsp3) is 0.412. The molecular formula is C17H22O2. The van der Waals surface area contributed by atoms with Crippen LogP contribution >= 0.6 is 0 Å². The van der Waals surface area contributed by atoms with Crippen molar-refractivity contribution in [3.8, 4) is 11.5 Å². The van der Waals surface area contributed by atoms with Crippen molar-refractivity contribution in [2.75, 3.05) is 13.2 Å². The SMILES string of the molecule is CCOc1ccc2c(C(C)C)c(OCC)ccc2c1. The summed E-state index contributed by atoms with van der Waals surface area (Å²) in [6, 6.07) is 10.4. The highest BCUT2D eigenvalue weighted by Gasteiger charge is 2.12. The molecule has 2 aromatic rings. The molecule has 0 saturated heterocycles. The van der Waals surface area contributed by atoms with Crippen molar-refractivity contribution in [2.45, 2.75) is 33.6 Å². The Balaban J connectivity index is 2.58. The molecule has 102 valence electrons. The van der Waals surface area contributed by atoms with E-state index in [0.29, 0.717) is 19.1 Å². The van der Waals surface area contributed by atoms with E-state index in [0.717, 1.165) is 11.5 Å². The molecule has 19 heavy (non-hydrogen) atoms. The number of rotatable bonds is 5. The molecule has 2 heteroatoms. The molecule has 0 bridgehead atoms. The van der Waals surface area contributed by atoms with Crippen molar-refractivity contribution in [1.82, 2.24) is 0 Å². The fourth-order valence-electron chi connectivity index (χ4n) is 2.45. The van der Waals surface area contributed by atoms with E-state index in [1.54, 1.807) is 0 Å². The number of fused-ring (bicyclic) bond motifs is 1. The minimum Gasteiger partial charge on any atom is -0.494 e. The molecule has 0 atom stereocenters. The maximum absolute atomic E-state index is 5.75. The van der Waals surface area contributed by atoms with Gasteiger partial charge in [0.25, 0.3) is 0 Å². The minimum absolute atomic E-state index is 0.434. The summed E-state index contributed by atoms with van der Waals surface area (Å²) < 4.78 is 11.3. The maximum Gasteiger partial charge on any atom is 0.123 e. The first-order valence-electron chi connectivity index (χ1n) is 6.99. The lowest BCUT2D eigenvalue weighted by Gasteiger charge is -2.16. The lowest BCUT2D eigenvalue weighted by Crippen LogP contribution is -1.99. The Morgan fingerprint density at radius 2 is 1.68 bits per heavy atom. The highest BCUT2D eigenvalue weighted by atomic mass is 16.5. The van der Waals surface area contributed by atoms with Crippen molar-refractivity contribution >= 4 is 10.8 Å².